The third kappa shape index (κ3) is 4.47. The summed E-state index contributed by atoms with van der Waals surface area (Å²) in [4.78, 5) is 25.5. The molecule has 0 aromatic rings. The lowest BCUT2D eigenvalue weighted by Crippen LogP contribution is -2.80. The Kier molecular flexibility index (Phi) is 7.73. The molecule has 4 fully saturated rings. The number of carbonyl (C=O) groups excluding carboxylic acids is 2. The molecule has 4 saturated carbocycles. The Balaban J connectivity index is 1.46. The van der Waals surface area contributed by atoms with Crippen LogP contribution in [0.2, 0.25) is 0 Å². The summed E-state index contributed by atoms with van der Waals surface area (Å²) in [5.74, 6) is -0.641. The molecule has 0 amide bonds. The fourth-order valence-electron chi connectivity index (χ4n) is 10.7. The number of carbonyl (C=O) groups is 2. The van der Waals surface area contributed by atoms with Gasteiger partial charge in [0.25, 0.3) is 0 Å². The molecular formula is C34H50O7. The number of ether oxygens (including phenoxy) is 2. The lowest BCUT2D eigenvalue weighted by Gasteiger charge is -2.73. The number of hydrogen-bond donors (Lipinski definition) is 3. The second kappa shape index (κ2) is 10.8. The van der Waals surface area contributed by atoms with Crippen molar-refractivity contribution in [3.05, 3.63) is 23.8 Å². The summed E-state index contributed by atoms with van der Waals surface area (Å²) < 4.78 is 11.7. The first-order valence-corrected chi connectivity index (χ1v) is 16.4. The molecule has 228 valence electrons. The van der Waals surface area contributed by atoms with E-state index in [1.165, 1.54) is 12.5 Å². The van der Waals surface area contributed by atoms with E-state index >= 15 is 0 Å². The van der Waals surface area contributed by atoms with Gasteiger partial charge in [-0.25, -0.2) is 4.79 Å². The van der Waals surface area contributed by atoms with Gasteiger partial charge >= 0.3 is 11.9 Å². The fraction of sp³-hybridized carbons (Fsp3) is 0.824. The summed E-state index contributed by atoms with van der Waals surface area (Å²) in [6, 6.07) is 0. The summed E-state index contributed by atoms with van der Waals surface area (Å²) in [5.41, 5.74) is -3.11. The van der Waals surface area contributed by atoms with Crippen LogP contribution in [0.25, 0.3) is 0 Å². The third-order valence-electron chi connectivity index (χ3n) is 12.8. The molecule has 41 heavy (non-hydrogen) atoms. The van der Waals surface area contributed by atoms with Crippen LogP contribution < -0.4 is 0 Å². The zero-order chi connectivity index (χ0) is 29.0. The SMILES string of the molecule is CC1(C2CCCCC2)CCC(O)C23C(O)C=CC(C)(CC(OC(=O)C4CCCCC4)C12)C3(O)CCC1=CC(=O)OC1. The Bertz CT molecular complexity index is 1090. The number of esters is 2. The predicted molar refractivity (Wildman–Crippen MR) is 153 cm³/mol. The molecule has 1 aliphatic heterocycles. The minimum absolute atomic E-state index is 0.102. The molecular weight excluding hydrogens is 520 g/mol. The molecule has 5 aliphatic carbocycles. The van der Waals surface area contributed by atoms with Gasteiger partial charge in [0.15, 0.2) is 0 Å². The molecule has 2 bridgehead atoms. The quantitative estimate of drug-likeness (QED) is 0.299. The maximum absolute atomic E-state index is 13.7. The lowest BCUT2D eigenvalue weighted by molar-refractivity contribution is -0.339. The first-order valence-electron chi connectivity index (χ1n) is 16.4. The van der Waals surface area contributed by atoms with E-state index in [1.807, 2.05) is 13.0 Å². The van der Waals surface area contributed by atoms with E-state index in [0.29, 0.717) is 25.2 Å². The molecule has 7 nitrogen and oxygen atoms in total. The maximum atomic E-state index is 13.7. The summed E-state index contributed by atoms with van der Waals surface area (Å²) in [7, 11) is 0. The van der Waals surface area contributed by atoms with Crippen molar-refractivity contribution in [2.45, 2.75) is 134 Å². The van der Waals surface area contributed by atoms with Gasteiger partial charge in [-0.3, -0.25) is 4.79 Å². The van der Waals surface area contributed by atoms with Crippen LogP contribution in [0.3, 0.4) is 0 Å². The molecule has 1 spiro atoms. The van der Waals surface area contributed by atoms with Gasteiger partial charge in [0.05, 0.1) is 29.1 Å². The highest BCUT2D eigenvalue weighted by atomic mass is 16.5. The molecule has 0 aromatic carbocycles. The number of aliphatic hydroxyl groups is 3. The number of rotatable bonds is 6. The Morgan fingerprint density at radius 1 is 1.02 bits per heavy atom. The van der Waals surface area contributed by atoms with Crippen molar-refractivity contribution in [2.24, 2.45) is 34.0 Å². The summed E-state index contributed by atoms with van der Waals surface area (Å²) in [6.07, 6.45) is 15.7. The molecule has 8 unspecified atom stereocenters. The highest BCUT2D eigenvalue weighted by Crippen LogP contribution is 2.73. The Hall–Kier alpha value is -1.70. The summed E-state index contributed by atoms with van der Waals surface area (Å²) >= 11 is 0. The van der Waals surface area contributed by atoms with Gasteiger partial charge in [-0.05, 0) is 74.7 Å². The van der Waals surface area contributed by atoms with Gasteiger partial charge < -0.3 is 24.8 Å². The molecule has 0 radical (unpaired) electrons. The Morgan fingerprint density at radius 2 is 1.71 bits per heavy atom. The minimum Gasteiger partial charge on any atom is -0.462 e. The van der Waals surface area contributed by atoms with Crippen LogP contribution in [-0.2, 0) is 19.1 Å². The highest BCUT2D eigenvalue weighted by Gasteiger charge is 2.78. The lowest BCUT2D eigenvalue weighted by atomic mass is 9.34. The number of cyclic esters (lactones) is 1. The molecule has 1 heterocycles. The summed E-state index contributed by atoms with van der Waals surface area (Å²) in [6.45, 7) is 4.51. The topological polar surface area (TPSA) is 113 Å². The highest BCUT2D eigenvalue weighted by molar-refractivity contribution is 5.85. The van der Waals surface area contributed by atoms with E-state index in [0.717, 1.165) is 69.8 Å². The van der Waals surface area contributed by atoms with Crippen LogP contribution in [0.15, 0.2) is 23.8 Å². The normalized spacial score (nSPS) is 45.1. The minimum atomic E-state index is -1.48. The number of aliphatic hydroxyl groups excluding tert-OH is 2. The molecule has 7 heteroatoms. The molecule has 3 N–H and O–H groups in total. The third-order valence-corrected chi connectivity index (χ3v) is 12.8. The average molecular weight is 571 g/mol. The number of fused-ring (bicyclic) bond motifs is 1. The van der Waals surface area contributed by atoms with Crippen molar-refractivity contribution in [1.29, 1.82) is 0 Å². The smallest absolute Gasteiger partial charge is 0.331 e. The zero-order valence-corrected chi connectivity index (χ0v) is 25.0. The standard InChI is InChI=1S/C34H50O7/c1-31-16-14-26(35)34(33(31,39)18-13-22-19-28(37)40-21-22)27(36)15-17-32(2,24-11-7-4-8-12-24)29(34)25(20-31)41-30(38)23-9-5-3-6-10-23/h14,16,19,23-27,29,35-36,39H,3-13,15,17-18,20-21H2,1-2H3. The van der Waals surface area contributed by atoms with Crippen molar-refractivity contribution >= 4 is 11.9 Å². The van der Waals surface area contributed by atoms with E-state index in [4.69, 9.17) is 9.47 Å². The monoisotopic (exact) mass is 570 g/mol. The Morgan fingerprint density at radius 3 is 2.37 bits per heavy atom. The van der Waals surface area contributed by atoms with Crippen LogP contribution in [0.5, 0.6) is 0 Å². The summed E-state index contributed by atoms with van der Waals surface area (Å²) in [5, 5.41) is 37.3. The maximum Gasteiger partial charge on any atom is 0.331 e. The van der Waals surface area contributed by atoms with Gasteiger partial charge in [-0.2, -0.15) is 0 Å². The van der Waals surface area contributed by atoms with Crippen molar-refractivity contribution < 1.29 is 34.4 Å². The van der Waals surface area contributed by atoms with E-state index in [-0.39, 0.29) is 36.3 Å². The molecule has 6 rings (SSSR count). The largest absolute Gasteiger partial charge is 0.462 e. The molecule has 8 atom stereocenters. The molecule has 0 saturated heterocycles. The van der Waals surface area contributed by atoms with E-state index < -0.39 is 40.7 Å². The van der Waals surface area contributed by atoms with E-state index in [2.05, 4.69) is 6.92 Å². The predicted octanol–water partition coefficient (Wildman–Crippen LogP) is 5.16. The first kappa shape index (κ1) is 29.4. The van der Waals surface area contributed by atoms with Gasteiger partial charge in [-0.1, -0.05) is 64.5 Å². The first-order chi connectivity index (χ1) is 19.5. The fourth-order valence-corrected chi connectivity index (χ4v) is 10.7. The zero-order valence-electron chi connectivity index (χ0n) is 25.0. The van der Waals surface area contributed by atoms with Crippen LogP contribution in [0.4, 0.5) is 0 Å². The van der Waals surface area contributed by atoms with Crippen molar-refractivity contribution in [2.75, 3.05) is 6.61 Å². The second-order valence-electron chi connectivity index (χ2n) is 14.8. The van der Waals surface area contributed by atoms with Crippen LogP contribution in [-0.4, -0.2) is 57.8 Å². The van der Waals surface area contributed by atoms with Crippen molar-refractivity contribution in [1.82, 2.24) is 0 Å². The Labute approximate surface area is 244 Å². The molecule has 6 aliphatic rings. The molecule has 0 aromatic heterocycles. The van der Waals surface area contributed by atoms with E-state index in [9.17, 15) is 24.9 Å². The van der Waals surface area contributed by atoms with Gasteiger partial charge in [0.2, 0.25) is 0 Å². The van der Waals surface area contributed by atoms with Crippen molar-refractivity contribution in [3.8, 4) is 0 Å². The van der Waals surface area contributed by atoms with Crippen LogP contribution in [0.1, 0.15) is 110 Å². The van der Waals surface area contributed by atoms with Crippen molar-refractivity contribution in [3.63, 3.8) is 0 Å². The van der Waals surface area contributed by atoms with Gasteiger partial charge in [-0.15, -0.1) is 0 Å². The van der Waals surface area contributed by atoms with Crippen LogP contribution in [0, 0.1) is 34.0 Å². The van der Waals surface area contributed by atoms with Gasteiger partial charge in [0, 0.05) is 17.4 Å². The van der Waals surface area contributed by atoms with Gasteiger partial charge in [0.1, 0.15) is 12.7 Å². The second-order valence-corrected chi connectivity index (χ2v) is 14.8. The average Bonchev–Trinajstić information content (AvgIpc) is 3.40. The van der Waals surface area contributed by atoms with Crippen LogP contribution >= 0.6 is 0 Å². The van der Waals surface area contributed by atoms with E-state index in [1.54, 1.807) is 6.08 Å². The number of hydrogen-bond acceptors (Lipinski definition) is 7.